The third-order valence-electron chi connectivity index (χ3n) is 6.34. The first-order valence-corrected chi connectivity index (χ1v) is 11.0. The minimum absolute atomic E-state index is 0.800. The Morgan fingerprint density at radius 1 is 0.656 bits per heavy atom. The van der Waals surface area contributed by atoms with Gasteiger partial charge in [0.05, 0.1) is 16.7 Å². The van der Waals surface area contributed by atoms with E-state index in [1.165, 1.54) is 39.2 Å². The van der Waals surface area contributed by atoms with Crippen LogP contribution in [0, 0.1) is 27.7 Å². The van der Waals surface area contributed by atoms with Gasteiger partial charge in [-0.2, -0.15) is 0 Å². The standard InChI is InChI=1S/C28H24N4/c1-17-8-7-9-21(23-16-19(3)30-28-22(23)14-12-18(2)29-28)27(17)32-25-11-6-5-10-24(25)31-20(4)13-15-26(31)32/h5-16H,1-4H3. The third kappa shape index (κ3) is 2.62. The predicted molar refractivity (Wildman–Crippen MR) is 132 cm³/mol. The molecule has 6 rings (SSSR count). The second-order valence-electron chi connectivity index (χ2n) is 8.60. The summed E-state index contributed by atoms with van der Waals surface area (Å²) in [7, 11) is 0. The molecule has 0 bridgehead atoms. The van der Waals surface area contributed by atoms with E-state index in [2.05, 4.69) is 95.6 Å². The lowest BCUT2D eigenvalue weighted by atomic mass is 9.97. The van der Waals surface area contributed by atoms with Gasteiger partial charge in [-0.1, -0.05) is 30.3 Å². The summed E-state index contributed by atoms with van der Waals surface area (Å²) in [4.78, 5) is 9.44. The first-order chi connectivity index (χ1) is 15.5. The van der Waals surface area contributed by atoms with Crippen LogP contribution >= 0.6 is 0 Å². The topological polar surface area (TPSA) is 35.1 Å². The molecule has 0 spiro atoms. The number of nitrogens with zero attached hydrogens (tertiary/aromatic N) is 4. The summed E-state index contributed by atoms with van der Waals surface area (Å²) in [5.41, 5.74) is 12.3. The average molecular weight is 417 g/mol. The van der Waals surface area contributed by atoms with Gasteiger partial charge in [0, 0.05) is 28.0 Å². The van der Waals surface area contributed by atoms with E-state index in [9.17, 15) is 0 Å². The molecule has 0 atom stereocenters. The Morgan fingerprint density at radius 2 is 1.44 bits per heavy atom. The molecule has 0 radical (unpaired) electrons. The Labute approximate surface area is 186 Å². The van der Waals surface area contributed by atoms with Gasteiger partial charge in [0.1, 0.15) is 5.65 Å². The van der Waals surface area contributed by atoms with Crippen LogP contribution in [-0.2, 0) is 0 Å². The molecule has 0 aliphatic rings. The summed E-state index contributed by atoms with van der Waals surface area (Å²) in [6.45, 7) is 8.41. The number of rotatable bonds is 2. The van der Waals surface area contributed by atoms with Gasteiger partial charge < -0.3 is 0 Å². The van der Waals surface area contributed by atoms with Crippen LogP contribution in [0.1, 0.15) is 22.6 Å². The number of aromatic nitrogens is 4. The zero-order valence-corrected chi connectivity index (χ0v) is 18.7. The van der Waals surface area contributed by atoms with Crippen LogP contribution in [0.4, 0.5) is 0 Å². The molecule has 0 aliphatic carbocycles. The van der Waals surface area contributed by atoms with Gasteiger partial charge in [-0.05, 0) is 81.3 Å². The number of para-hydroxylation sites is 3. The first-order valence-electron chi connectivity index (χ1n) is 11.0. The fraction of sp³-hybridized carbons (Fsp3) is 0.143. The second-order valence-corrected chi connectivity index (χ2v) is 8.60. The highest BCUT2D eigenvalue weighted by atomic mass is 15.1. The molecule has 4 heteroatoms. The Kier molecular flexibility index (Phi) is 3.99. The van der Waals surface area contributed by atoms with Crippen LogP contribution in [0.25, 0.3) is 44.5 Å². The van der Waals surface area contributed by atoms with Gasteiger partial charge in [0.15, 0.2) is 5.65 Å². The van der Waals surface area contributed by atoms with Crippen molar-refractivity contribution in [3.05, 3.63) is 95.4 Å². The smallest absolute Gasteiger partial charge is 0.160 e. The summed E-state index contributed by atoms with van der Waals surface area (Å²) < 4.78 is 4.74. The van der Waals surface area contributed by atoms with Crippen molar-refractivity contribution in [3.63, 3.8) is 0 Å². The fourth-order valence-electron chi connectivity index (χ4n) is 4.93. The minimum atomic E-state index is 0.800. The highest BCUT2D eigenvalue weighted by molar-refractivity contribution is 5.97. The summed E-state index contributed by atoms with van der Waals surface area (Å²) in [5.74, 6) is 0. The van der Waals surface area contributed by atoms with Crippen LogP contribution in [0.3, 0.4) is 0 Å². The van der Waals surface area contributed by atoms with E-state index in [4.69, 9.17) is 9.97 Å². The van der Waals surface area contributed by atoms with E-state index < -0.39 is 0 Å². The Hall–Kier alpha value is -3.92. The predicted octanol–water partition coefficient (Wildman–Crippen LogP) is 6.73. The molecular formula is C28H24N4. The molecule has 0 saturated carbocycles. The first kappa shape index (κ1) is 18.8. The van der Waals surface area contributed by atoms with Crippen molar-refractivity contribution in [2.24, 2.45) is 0 Å². The van der Waals surface area contributed by atoms with Crippen LogP contribution < -0.4 is 0 Å². The summed E-state index contributed by atoms with van der Waals surface area (Å²) >= 11 is 0. The van der Waals surface area contributed by atoms with Crippen molar-refractivity contribution in [3.8, 4) is 16.8 Å². The van der Waals surface area contributed by atoms with Crippen molar-refractivity contribution < 1.29 is 0 Å². The monoisotopic (exact) mass is 416 g/mol. The zero-order chi connectivity index (χ0) is 22.0. The van der Waals surface area contributed by atoms with Crippen molar-refractivity contribution >= 4 is 27.7 Å². The molecular weight excluding hydrogens is 392 g/mol. The zero-order valence-electron chi connectivity index (χ0n) is 18.7. The summed E-state index contributed by atoms with van der Waals surface area (Å²) in [5, 5.41) is 1.08. The number of aryl methyl sites for hydroxylation is 4. The number of pyridine rings is 2. The number of fused-ring (bicyclic) bond motifs is 4. The van der Waals surface area contributed by atoms with E-state index in [0.29, 0.717) is 0 Å². The Morgan fingerprint density at radius 3 is 2.28 bits per heavy atom. The van der Waals surface area contributed by atoms with Gasteiger partial charge in [-0.25, -0.2) is 9.97 Å². The van der Waals surface area contributed by atoms with Gasteiger partial charge in [0.2, 0.25) is 0 Å². The minimum Gasteiger partial charge on any atom is -0.298 e. The number of imidazole rings is 1. The van der Waals surface area contributed by atoms with E-state index in [-0.39, 0.29) is 0 Å². The Bertz CT molecular complexity index is 1660. The third-order valence-corrected chi connectivity index (χ3v) is 6.34. The van der Waals surface area contributed by atoms with Gasteiger partial charge in [-0.15, -0.1) is 0 Å². The van der Waals surface area contributed by atoms with Gasteiger partial charge in [0.25, 0.3) is 0 Å². The van der Waals surface area contributed by atoms with Crippen LogP contribution in [0.15, 0.2) is 72.8 Å². The molecule has 0 fully saturated rings. The SMILES string of the molecule is Cc1ccc2c(-c3cccc(C)c3-n3c4ccccc4n4c(C)ccc34)cc(C)nc2n1. The number of hydrogen-bond acceptors (Lipinski definition) is 2. The van der Waals surface area contributed by atoms with Crippen molar-refractivity contribution in [1.29, 1.82) is 0 Å². The molecule has 2 aromatic carbocycles. The second kappa shape index (κ2) is 6.79. The normalized spacial score (nSPS) is 11.8. The largest absolute Gasteiger partial charge is 0.298 e. The molecule has 4 nitrogen and oxygen atoms in total. The lowest BCUT2D eigenvalue weighted by Gasteiger charge is -2.17. The molecule has 0 saturated heterocycles. The molecule has 32 heavy (non-hydrogen) atoms. The molecule has 0 aliphatic heterocycles. The molecule has 0 N–H and O–H groups in total. The lowest BCUT2D eigenvalue weighted by Crippen LogP contribution is -2.01. The molecule has 4 heterocycles. The maximum Gasteiger partial charge on any atom is 0.160 e. The van der Waals surface area contributed by atoms with Gasteiger partial charge in [-0.3, -0.25) is 8.97 Å². The van der Waals surface area contributed by atoms with Crippen molar-refractivity contribution in [2.45, 2.75) is 27.7 Å². The Balaban J connectivity index is 1.77. The highest BCUT2D eigenvalue weighted by Crippen LogP contribution is 2.38. The summed E-state index contributed by atoms with van der Waals surface area (Å²) in [6.07, 6.45) is 0. The molecule has 156 valence electrons. The lowest BCUT2D eigenvalue weighted by molar-refractivity contribution is 1.10. The number of benzene rings is 2. The highest BCUT2D eigenvalue weighted by Gasteiger charge is 2.19. The van der Waals surface area contributed by atoms with E-state index in [0.717, 1.165) is 28.0 Å². The van der Waals surface area contributed by atoms with Crippen molar-refractivity contribution in [2.75, 3.05) is 0 Å². The maximum atomic E-state index is 4.72. The summed E-state index contributed by atoms with van der Waals surface area (Å²) in [6, 6.07) is 26.0. The van der Waals surface area contributed by atoms with Gasteiger partial charge >= 0.3 is 0 Å². The number of hydrogen-bond donors (Lipinski definition) is 0. The maximum absolute atomic E-state index is 4.72. The fourth-order valence-corrected chi connectivity index (χ4v) is 4.93. The quantitative estimate of drug-likeness (QED) is 0.314. The van der Waals surface area contributed by atoms with Crippen LogP contribution in [-0.4, -0.2) is 18.9 Å². The average Bonchev–Trinajstić information content (AvgIpc) is 3.30. The van der Waals surface area contributed by atoms with E-state index in [1.807, 2.05) is 13.8 Å². The van der Waals surface area contributed by atoms with Crippen molar-refractivity contribution in [1.82, 2.24) is 18.9 Å². The van der Waals surface area contributed by atoms with E-state index >= 15 is 0 Å². The van der Waals surface area contributed by atoms with Crippen LogP contribution in [0.2, 0.25) is 0 Å². The van der Waals surface area contributed by atoms with Crippen LogP contribution in [0.5, 0.6) is 0 Å². The molecule has 6 aromatic rings. The van der Waals surface area contributed by atoms with E-state index in [1.54, 1.807) is 0 Å². The molecule has 0 amide bonds. The molecule has 0 unspecified atom stereocenters. The molecule has 4 aromatic heterocycles.